The summed E-state index contributed by atoms with van der Waals surface area (Å²) in [6, 6.07) is 20.2. The number of nitrogens with zero attached hydrogens (tertiary/aromatic N) is 4. The molecule has 0 atom stereocenters. The van der Waals surface area contributed by atoms with Gasteiger partial charge in [0.1, 0.15) is 13.1 Å². The van der Waals surface area contributed by atoms with E-state index >= 15 is 0 Å². The van der Waals surface area contributed by atoms with Crippen LogP contribution in [0.5, 0.6) is 0 Å². The van der Waals surface area contributed by atoms with E-state index in [1.165, 1.54) is 0 Å². The van der Waals surface area contributed by atoms with Gasteiger partial charge in [-0.1, -0.05) is 12.1 Å². The number of aromatic nitrogens is 4. The van der Waals surface area contributed by atoms with Gasteiger partial charge in [-0.25, -0.2) is 9.13 Å². The van der Waals surface area contributed by atoms with Crippen LogP contribution in [0.4, 0.5) is 0 Å². The van der Waals surface area contributed by atoms with Crippen molar-refractivity contribution >= 4 is 34.0 Å². The second kappa shape index (κ2) is 21.5. The normalized spacial score (nSPS) is 9.17. The van der Waals surface area contributed by atoms with E-state index in [-0.39, 0.29) is 67.9 Å². The Morgan fingerprint density at radius 3 is 1.19 bits per heavy atom. The van der Waals surface area contributed by atoms with Gasteiger partial charge in [0.15, 0.2) is 24.8 Å². The Morgan fingerprint density at radius 2 is 0.917 bits per heavy atom. The van der Waals surface area contributed by atoms with Gasteiger partial charge in [0, 0.05) is 60.6 Å². The summed E-state index contributed by atoms with van der Waals surface area (Å²) in [7, 11) is 0. The molecular weight excluding hydrogens is 716 g/mol. The summed E-state index contributed by atoms with van der Waals surface area (Å²) in [5.74, 6) is 0. The van der Waals surface area contributed by atoms with Crippen LogP contribution in [0, 0.1) is 0 Å². The number of nitrogens with two attached hydrogens (primary N) is 2. The molecule has 0 fully saturated rings. The molecule has 4 rings (SSSR count). The van der Waals surface area contributed by atoms with Gasteiger partial charge >= 0.3 is 0 Å². The molecule has 0 spiro atoms. The number of halogens is 4. The molecular formula is C26H34Br4N6. The van der Waals surface area contributed by atoms with Crippen molar-refractivity contribution in [2.24, 2.45) is 11.5 Å². The predicted octanol–water partition coefficient (Wildman–Crippen LogP) is -2.07. The zero-order chi connectivity index (χ0) is 22.4. The van der Waals surface area contributed by atoms with Crippen LogP contribution in [-0.4, -0.2) is 23.1 Å². The van der Waals surface area contributed by atoms with Crippen LogP contribution < -0.4 is 54.6 Å². The first-order chi connectivity index (χ1) is 15.8. The number of aryl methyl sites for hydroxylation is 2. The van der Waals surface area contributed by atoms with Crippen molar-refractivity contribution in [1.82, 2.24) is 9.97 Å². The molecule has 196 valence electrons. The molecule has 0 unspecified atom stereocenters. The summed E-state index contributed by atoms with van der Waals surface area (Å²) in [5, 5.41) is 0. The molecule has 4 heterocycles. The van der Waals surface area contributed by atoms with Crippen LogP contribution in [0.3, 0.4) is 0 Å². The number of pyridine rings is 4. The maximum Gasteiger partial charge on any atom is 0.169 e. The number of rotatable bonds is 8. The molecule has 0 saturated heterocycles. The Kier molecular flexibility index (Phi) is 21.9. The minimum absolute atomic E-state index is 0. The lowest BCUT2D eigenvalue weighted by atomic mass is 10.2. The largest absolute Gasteiger partial charge is 1.00 e. The molecule has 4 aromatic heterocycles. The third kappa shape index (κ3) is 12.6. The Hall–Kier alpha value is -1.56. The highest BCUT2D eigenvalue weighted by Crippen LogP contribution is 2.14. The van der Waals surface area contributed by atoms with E-state index in [9.17, 15) is 0 Å². The highest BCUT2D eigenvalue weighted by molar-refractivity contribution is 8.93. The van der Waals surface area contributed by atoms with E-state index in [2.05, 4.69) is 68.2 Å². The van der Waals surface area contributed by atoms with Gasteiger partial charge in [-0.3, -0.25) is 9.97 Å². The zero-order valence-electron chi connectivity index (χ0n) is 20.0. The third-order valence-electron chi connectivity index (χ3n) is 4.94. The van der Waals surface area contributed by atoms with Crippen molar-refractivity contribution in [3.63, 3.8) is 0 Å². The van der Waals surface area contributed by atoms with Crippen molar-refractivity contribution in [2.45, 2.75) is 25.9 Å². The third-order valence-corrected chi connectivity index (χ3v) is 4.94. The maximum absolute atomic E-state index is 5.47. The summed E-state index contributed by atoms with van der Waals surface area (Å²) in [6.07, 6.45) is 13.9. The Balaban J connectivity index is 0. The van der Waals surface area contributed by atoms with Gasteiger partial charge in [0.25, 0.3) is 0 Å². The molecule has 4 N–H and O–H groups in total. The first kappa shape index (κ1) is 36.6. The fourth-order valence-corrected chi connectivity index (χ4v) is 3.17. The van der Waals surface area contributed by atoms with Gasteiger partial charge in [0.2, 0.25) is 0 Å². The number of hydrogen-bond donors (Lipinski definition) is 2. The molecule has 6 nitrogen and oxygen atoms in total. The van der Waals surface area contributed by atoms with Gasteiger partial charge in [0.05, 0.1) is 11.4 Å². The summed E-state index contributed by atoms with van der Waals surface area (Å²) < 4.78 is 4.28. The minimum Gasteiger partial charge on any atom is -1.00 e. The highest BCUT2D eigenvalue weighted by Gasteiger charge is 2.03. The van der Waals surface area contributed by atoms with E-state index in [4.69, 9.17) is 11.5 Å². The molecule has 0 aliphatic carbocycles. The average Bonchev–Trinajstić information content (AvgIpc) is 2.88. The van der Waals surface area contributed by atoms with Gasteiger partial charge in [-0.2, -0.15) is 0 Å². The van der Waals surface area contributed by atoms with Crippen molar-refractivity contribution in [2.75, 3.05) is 13.1 Å². The van der Waals surface area contributed by atoms with Gasteiger partial charge in [-0.15, -0.1) is 34.0 Å². The van der Waals surface area contributed by atoms with Crippen LogP contribution in [0.2, 0.25) is 0 Å². The fraction of sp³-hybridized carbons (Fsp3) is 0.231. The van der Waals surface area contributed by atoms with Gasteiger partial charge < -0.3 is 45.4 Å². The first-order valence-corrected chi connectivity index (χ1v) is 11.0. The van der Waals surface area contributed by atoms with E-state index in [0.29, 0.717) is 0 Å². The second-order valence-electron chi connectivity index (χ2n) is 7.36. The van der Waals surface area contributed by atoms with Gasteiger partial charge in [-0.05, 0) is 37.4 Å². The van der Waals surface area contributed by atoms with Crippen molar-refractivity contribution < 1.29 is 43.1 Å². The highest BCUT2D eigenvalue weighted by atomic mass is 79.9. The van der Waals surface area contributed by atoms with E-state index in [1.807, 2.05) is 48.8 Å². The molecule has 0 saturated carbocycles. The van der Waals surface area contributed by atoms with E-state index in [0.717, 1.165) is 61.5 Å². The lowest BCUT2D eigenvalue weighted by molar-refractivity contribution is -0.697. The Morgan fingerprint density at radius 1 is 0.556 bits per heavy atom. The topological polar surface area (TPSA) is 85.6 Å². The van der Waals surface area contributed by atoms with Crippen LogP contribution in [0.25, 0.3) is 22.5 Å². The van der Waals surface area contributed by atoms with Crippen LogP contribution in [0.15, 0.2) is 97.8 Å². The van der Waals surface area contributed by atoms with E-state index < -0.39 is 0 Å². The number of hydrogen-bond acceptors (Lipinski definition) is 4. The molecule has 0 bridgehead atoms. The second-order valence-corrected chi connectivity index (χ2v) is 7.36. The van der Waals surface area contributed by atoms with Crippen molar-refractivity contribution in [1.29, 1.82) is 0 Å². The molecule has 0 aromatic carbocycles. The lowest BCUT2D eigenvalue weighted by Gasteiger charge is -1.99. The summed E-state index contributed by atoms with van der Waals surface area (Å²) in [4.78, 5) is 8.62. The van der Waals surface area contributed by atoms with Crippen LogP contribution in [0.1, 0.15) is 12.8 Å². The molecule has 36 heavy (non-hydrogen) atoms. The molecule has 10 heteroatoms. The smallest absolute Gasteiger partial charge is 0.169 e. The first-order valence-electron chi connectivity index (χ1n) is 11.0. The monoisotopic (exact) mass is 746 g/mol. The Labute approximate surface area is 256 Å². The average molecular weight is 750 g/mol. The van der Waals surface area contributed by atoms with Crippen LogP contribution >= 0.6 is 34.0 Å². The maximum atomic E-state index is 5.47. The quantitative estimate of drug-likeness (QED) is 0.203. The molecule has 4 aromatic rings. The zero-order valence-corrected chi connectivity index (χ0v) is 26.6. The minimum atomic E-state index is 0. The van der Waals surface area contributed by atoms with Crippen molar-refractivity contribution in [3.8, 4) is 22.5 Å². The fourth-order valence-electron chi connectivity index (χ4n) is 3.17. The Bertz CT molecular complexity index is 950. The standard InChI is InChI=1S/2C13H16N3.4BrH/c2*14-7-3-9-16-10-5-12(6-11-16)13-4-1-2-8-15-13;;;;/h2*1-2,4-6,8,10-11H,3,7,9,14H2;4*1H/q2*+1;;;;/p-2. The predicted molar refractivity (Wildman–Crippen MR) is 148 cm³/mol. The molecule has 0 radical (unpaired) electrons. The summed E-state index contributed by atoms with van der Waals surface area (Å²) in [6.45, 7) is 3.40. The lowest BCUT2D eigenvalue weighted by Crippen LogP contribution is -3.00. The van der Waals surface area contributed by atoms with Crippen molar-refractivity contribution in [3.05, 3.63) is 97.8 Å². The summed E-state index contributed by atoms with van der Waals surface area (Å²) >= 11 is 0. The van der Waals surface area contributed by atoms with Crippen LogP contribution in [-0.2, 0) is 13.1 Å². The summed E-state index contributed by atoms with van der Waals surface area (Å²) in [5.41, 5.74) is 15.2. The molecule has 0 aliphatic rings. The molecule has 0 amide bonds. The SMILES string of the molecule is Br.Br.NCCC[n+]1ccc(-c2ccccn2)cc1.NCCC[n+]1ccc(-c2ccccn2)cc1.[Br-].[Br-]. The molecule has 0 aliphatic heterocycles. The van der Waals surface area contributed by atoms with E-state index in [1.54, 1.807) is 0 Å².